The molecule has 2 fully saturated rings. The van der Waals surface area contributed by atoms with Gasteiger partial charge in [0.25, 0.3) is 0 Å². The van der Waals surface area contributed by atoms with Crippen molar-refractivity contribution in [2.45, 2.75) is 20.3 Å². The molecule has 1 unspecified atom stereocenters. The van der Waals surface area contributed by atoms with Crippen LogP contribution in [0.4, 0.5) is 0 Å². The highest BCUT2D eigenvalue weighted by atomic mass is 15.3. The molecule has 0 aromatic carbocycles. The number of nitrogens with zero attached hydrogens (tertiary/aromatic N) is 2. The molecule has 2 heterocycles. The number of hydrogen-bond acceptors (Lipinski definition) is 4. The summed E-state index contributed by atoms with van der Waals surface area (Å²) in [6.07, 6.45) is 1.36. The van der Waals surface area contributed by atoms with Gasteiger partial charge in [-0.25, -0.2) is 0 Å². The zero-order chi connectivity index (χ0) is 13.0. The SMILES string of the molecule is CN1CCC(C(C)(C)CNCN2CCNCC2)C1. The molecule has 18 heavy (non-hydrogen) atoms. The van der Waals surface area contributed by atoms with Crippen LogP contribution in [0.3, 0.4) is 0 Å². The van der Waals surface area contributed by atoms with E-state index in [1.165, 1.54) is 32.6 Å². The molecule has 2 saturated heterocycles. The van der Waals surface area contributed by atoms with E-state index in [4.69, 9.17) is 0 Å². The Bertz CT molecular complexity index is 248. The highest BCUT2D eigenvalue weighted by Crippen LogP contribution is 2.33. The fraction of sp³-hybridized carbons (Fsp3) is 1.00. The molecule has 2 rings (SSSR count). The van der Waals surface area contributed by atoms with Gasteiger partial charge >= 0.3 is 0 Å². The van der Waals surface area contributed by atoms with Gasteiger partial charge in [0.1, 0.15) is 0 Å². The van der Waals surface area contributed by atoms with Gasteiger partial charge in [0.15, 0.2) is 0 Å². The minimum Gasteiger partial charge on any atom is -0.314 e. The van der Waals surface area contributed by atoms with E-state index >= 15 is 0 Å². The minimum absolute atomic E-state index is 0.415. The molecule has 0 aromatic heterocycles. The molecule has 0 spiro atoms. The first-order valence-electron chi connectivity index (χ1n) is 7.40. The van der Waals surface area contributed by atoms with Crippen LogP contribution in [-0.4, -0.2) is 69.3 Å². The van der Waals surface area contributed by atoms with Crippen LogP contribution in [-0.2, 0) is 0 Å². The van der Waals surface area contributed by atoms with Crippen LogP contribution in [0.25, 0.3) is 0 Å². The molecule has 2 N–H and O–H groups in total. The first-order valence-corrected chi connectivity index (χ1v) is 7.40. The van der Waals surface area contributed by atoms with Crippen molar-refractivity contribution < 1.29 is 0 Å². The monoisotopic (exact) mass is 254 g/mol. The molecular weight excluding hydrogens is 224 g/mol. The van der Waals surface area contributed by atoms with Crippen molar-refractivity contribution in [2.24, 2.45) is 11.3 Å². The van der Waals surface area contributed by atoms with Gasteiger partial charge in [0.2, 0.25) is 0 Å². The first-order chi connectivity index (χ1) is 8.58. The second-order valence-corrected chi connectivity index (χ2v) is 6.69. The second kappa shape index (κ2) is 6.33. The topological polar surface area (TPSA) is 30.5 Å². The predicted octanol–water partition coefficient (Wildman–Crippen LogP) is 0.417. The van der Waals surface area contributed by atoms with E-state index in [0.29, 0.717) is 5.41 Å². The maximum Gasteiger partial charge on any atom is 0.0481 e. The van der Waals surface area contributed by atoms with Crippen LogP contribution in [0.15, 0.2) is 0 Å². The van der Waals surface area contributed by atoms with Crippen LogP contribution < -0.4 is 10.6 Å². The fourth-order valence-corrected chi connectivity index (χ4v) is 3.12. The Labute approximate surface area is 112 Å². The lowest BCUT2D eigenvalue weighted by Gasteiger charge is -2.34. The van der Waals surface area contributed by atoms with E-state index in [9.17, 15) is 0 Å². The van der Waals surface area contributed by atoms with Crippen LogP contribution in [0.2, 0.25) is 0 Å². The molecule has 106 valence electrons. The Morgan fingerprint density at radius 2 is 1.94 bits per heavy atom. The van der Waals surface area contributed by atoms with Gasteiger partial charge in [-0.1, -0.05) is 13.8 Å². The van der Waals surface area contributed by atoms with Crippen molar-refractivity contribution in [3.8, 4) is 0 Å². The first kappa shape index (κ1) is 14.3. The van der Waals surface area contributed by atoms with Crippen molar-refractivity contribution in [1.82, 2.24) is 20.4 Å². The third-order valence-corrected chi connectivity index (χ3v) is 4.62. The smallest absolute Gasteiger partial charge is 0.0481 e. The van der Waals surface area contributed by atoms with Crippen molar-refractivity contribution >= 4 is 0 Å². The summed E-state index contributed by atoms with van der Waals surface area (Å²) in [4.78, 5) is 4.97. The Hall–Kier alpha value is -0.160. The molecule has 2 aliphatic rings. The van der Waals surface area contributed by atoms with Crippen LogP contribution >= 0.6 is 0 Å². The molecule has 1 atom stereocenters. The number of hydrogen-bond donors (Lipinski definition) is 2. The maximum absolute atomic E-state index is 3.67. The normalized spacial score (nSPS) is 27.8. The Balaban J connectivity index is 1.68. The zero-order valence-electron chi connectivity index (χ0n) is 12.3. The number of nitrogens with one attached hydrogen (secondary N) is 2. The van der Waals surface area contributed by atoms with Crippen molar-refractivity contribution in [3.63, 3.8) is 0 Å². The third kappa shape index (κ3) is 3.92. The average Bonchev–Trinajstić information content (AvgIpc) is 2.78. The molecule has 4 nitrogen and oxygen atoms in total. The summed E-state index contributed by atoms with van der Waals surface area (Å²) in [6, 6.07) is 0. The summed E-state index contributed by atoms with van der Waals surface area (Å²) >= 11 is 0. The summed E-state index contributed by atoms with van der Waals surface area (Å²) in [5.41, 5.74) is 0.415. The van der Waals surface area contributed by atoms with Gasteiger partial charge in [-0.3, -0.25) is 4.90 Å². The highest BCUT2D eigenvalue weighted by Gasteiger charge is 2.33. The lowest BCUT2D eigenvalue weighted by molar-refractivity contribution is 0.172. The number of piperazine rings is 1. The second-order valence-electron chi connectivity index (χ2n) is 6.69. The largest absolute Gasteiger partial charge is 0.314 e. The Morgan fingerprint density at radius 1 is 1.22 bits per heavy atom. The fourth-order valence-electron chi connectivity index (χ4n) is 3.12. The molecule has 0 radical (unpaired) electrons. The van der Waals surface area contributed by atoms with Crippen LogP contribution in [0.5, 0.6) is 0 Å². The van der Waals surface area contributed by atoms with Gasteiger partial charge in [0.05, 0.1) is 0 Å². The van der Waals surface area contributed by atoms with Crippen molar-refractivity contribution in [2.75, 3.05) is 59.5 Å². The highest BCUT2D eigenvalue weighted by molar-refractivity contribution is 4.86. The third-order valence-electron chi connectivity index (χ3n) is 4.62. The van der Waals surface area contributed by atoms with E-state index in [1.54, 1.807) is 0 Å². The van der Waals surface area contributed by atoms with Gasteiger partial charge < -0.3 is 15.5 Å². The lowest BCUT2D eigenvalue weighted by atomic mass is 9.78. The molecule has 0 aromatic rings. The van der Waals surface area contributed by atoms with Crippen LogP contribution in [0, 0.1) is 11.3 Å². The molecule has 0 saturated carbocycles. The van der Waals surface area contributed by atoms with E-state index in [-0.39, 0.29) is 0 Å². The predicted molar refractivity (Wildman–Crippen MR) is 76.7 cm³/mol. The van der Waals surface area contributed by atoms with Crippen LogP contribution in [0.1, 0.15) is 20.3 Å². The Kier molecular flexibility index (Phi) is 5.01. The Morgan fingerprint density at radius 3 is 2.56 bits per heavy atom. The molecule has 0 amide bonds. The quantitative estimate of drug-likeness (QED) is 0.744. The average molecular weight is 254 g/mol. The molecule has 0 bridgehead atoms. The standard InChI is InChI=1S/C14H30N4/c1-14(2,13-4-7-17(3)10-13)11-16-12-18-8-5-15-6-9-18/h13,15-16H,4-12H2,1-3H3. The summed E-state index contributed by atoms with van der Waals surface area (Å²) in [5.74, 6) is 0.845. The number of likely N-dealkylation sites (tertiary alicyclic amines) is 1. The summed E-state index contributed by atoms with van der Waals surface area (Å²) in [7, 11) is 2.24. The minimum atomic E-state index is 0.415. The maximum atomic E-state index is 3.67. The van der Waals surface area contributed by atoms with E-state index < -0.39 is 0 Å². The summed E-state index contributed by atoms with van der Waals surface area (Å²) in [6.45, 7) is 14.2. The van der Waals surface area contributed by atoms with Crippen molar-refractivity contribution in [1.29, 1.82) is 0 Å². The summed E-state index contributed by atoms with van der Waals surface area (Å²) in [5, 5.41) is 7.06. The van der Waals surface area contributed by atoms with Crippen molar-refractivity contribution in [3.05, 3.63) is 0 Å². The van der Waals surface area contributed by atoms with E-state index in [2.05, 4.69) is 41.3 Å². The van der Waals surface area contributed by atoms with Gasteiger partial charge in [0, 0.05) is 45.9 Å². The van der Waals surface area contributed by atoms with Gasteiger partial charge in [-0.15, -0.1) is 0 Å². The summed E-state index contributed by atoms with van der Waals surface area (Å²) < 4.78 is 0. The van der Waals surface area contributed by atoms with E-state index in [0.717, 1.165) is 32.2 Å². The number of rotatable bonds is 5. The van der Waals surface area contributed by atoms with Gasteiger partial charge in [-0.05, 0) is 31.3 Å². The molecule has 2 aliphatic heterocycles. The molecule has 0 aliphatic carbocycles. The van der Waals surface area contributed by atoms with Gasteiger partial charge in [-0.2, -0.15) is 0 Å². The zero-order valence-corrected chi connectivity index (χ0v) is 12.3. The molecular formula is C14H30N4. The molecule has 4 heteroatoms. The van der Waals surface area contributed by atoms with E-state index in [1.807, 2.05) is 0 Å². The lowest BCUT2D eigenvalue weighted by Crippen LogP contribution is -2.49.